The summed E-state index contributed by atoms with van der Waals surface area (Å²) in [6.07, 6.45) is 1.96. The number of carbonyl (C=O) groups excluding carboxylic acids is 1. The van der Waals surface area contributed by atoms with Gasteiger partial charge in [0.05, 0.1) is 6.26 Å². The Balaban J connectivity index is 2.64. The molecule has 0 radical (unpaired) electrons. The van der Waals surface area contributed by atoms with Gasteiger partial charge < -0.3 is 4.42 Å². The zero-order valence-electron chi connectivity index (χ0n) is 7.71. The van der Waals surface area contributed by atoms with Crippen LogP contribution in [0.4, 0.5) is 0 Å². The first-order valence-electron chi connectivity index (χ1n) is 4.32. The Morgan fingerprint density at radius 2 is 2.21 bits per heavy atom. The molecular weight excluding hydrogens is 200 g/mol. The maximum atomic E-state index is 11.0. The molecule has 0 saturated carbocycles. The fraction of sp³-hybridized carbons (Fsp3) is 0.182. The molecule has 0 aliphatic carbocycles. The molecule has 0 aliphatic rings. The van der Waals surface area contributed by atoms with Crippen LogP contribution < -0.4 is 0 Å². The summed E-state index contributed by atoms with van der Waals surface area (Å²) in [6.45, 7) is 1.55. The van der Waals surface area contributed by atoms with E-state index < -0.39 is 0 Å². The molecule has 3 heteroatoms. The first-order valence-corrected chi connectivity index (χ1v) is 4.70. The van der Waals surface area contributed by atoms with Crippen LogP contribution in [0.15, 0.2) is 28.9 Å². The second-order valence-electron chi connectivity index (χ2n) is 3.24. The number of carbonyl (C=O) groups is 1. The average Bonchev–Trinajstić information content (AvgIpc) is 2.57. The number of Topliss-reactive ketones (excluding diaryl/α,β-unsaturated/α-hetero) is 1. The molecule has 2 nitrogen and oxygen atoms in total. The highest BCUT2D eigenvalue weighted by molar-refractivity contribution is 6.32. The topological polar surface area (TPSA) is 30.2 Å². The molecule has 0 saturated heterocycles. The number of benzene rings is 1. The summed E-state index contributed by atoms with van der Waals surface area (Å²) in [5.74, 6) is 0.0978. The number of halogens is 1. The summed E-state index contributed by atoms with van der Waals surface area (Å²) < 4.78 is 5.23. The quantitative estimate of drug-likeness (QED) is 0.759. The minimum absolute atomic E-state index is 0.0978. The van der Waals surface area contributed by atoms with E-state index in [1.165, 1.54) is 0 Å². The summed E-state index contributed by atoms with van der Waals surface area (Å²) in [7, 11) is 0. The van der Waals surface area contributed by atoms with Crippen LogP contribution in [0.25, 0.3) is 11.0 Å². The highest BCUT2D eigenvalue weighted by Gasteiger charge is 2.09. The molecule has 1 aromatic heterocycles. The Bertz CT molecular complexity index is 485. The van der Waals surface area contributed by atoms with Crippen LogP contribution in [0.2, 0.25) is 5.02 Å². The van der Waals surface area contributed by atoms with E-state index in [-0.39, 0.29) is 5.78 Å². The minimum Gasteiger partial charge on any atom is -0.464 e. The van der Waals surface area contributed by atoms with E-state index in [2.05, 4.69) is 0 Å². The van der Waals surface area contributed by atoms with Gasteiger partial charge in [0.2, 0.25) is 0 Å². The number of hydrogen-bond acceptors (Lipinski definition) is 2. The van der Waals surface area contributed by atoms with Gasteiger partial charge in [-0.3, -0.25) is 4.79 Å². The maximum absolute atomic E-state index is 11.0. The molecule has 0 bridgehead atoms. The summed E-state index contributed by atoms with van der Waals surface area (Å²) in [5.41, 5.74) is 1.62. The molecule has 0 fully saturated rings. The van der Waals surface area contributed by atoms with Gasteiger partial charge in [-0.05, 0) is 30.7 Å². The summed E-state index contributed by atoms with van der Waals surface area (Å²) >= 11 is 6.01. The van der Waals surface area contributed by atoms with Gasteiger partial charge in [0, 0.05) is 16.8 Å². The Morgan fingerprint density at radius 1 is 1.43 bits per heavy atom. The van der Waals surface area contributed by atoms with Crippen molar-refractivity contribution < 1.29 is 9.21 Å². The molecule has 1 heterocycles. The highest BCUT2D eigenvalue weighted by Crippen LogP contribution is 2.27. The van der Waals surface area contributed by atoms with E-state index in [0.717, 1.165) is 16.5 Å². The Morgan fingerprint density at radius 3 is 2.93 bits per heavy atom. The molecule has 2 aromatic rings. The lowest BCUT2D eigenvalue weighted by Crippen LogP contribution is -1.97. The van der Waals surface area contributed by atoms with E-state index in [1.54, 1.807) is 25.3 Å². The molecule has 1 aromatic carbocycles. The smallest absolute Gasteiger partial charge is 0.134 e. The first kappa shape index (κ1) is 9.28. The fourth-order valence-electron chi connectivity index (χ4n) is 1.51. The van der Waals surface area contributed by atoms with E-state index in [4.69, 9.17) is 16.0 Å². The van der Waals surface area contributed by atoms with Crippen LogP contribution >= 0.6 is 11.6 Å². The van der Waals surface area contributed by atoms with Gasteiger partial charge in [0.1, 0.15) is 11.4 Å². The lowest BCUT2D eigenvalue weighted by atomic mass is 10.1. The normalized spacial score (nSPS) is 10.7. The van der Waals surface area contributed by atoms with Crippen LogP contribution in [-0.2, 0) is 11.2 Å². The van der Waals surface area contributed by atoms with Crippen LogP contribution in [0.5, 0.6) is 0 Å². The van der Waals surface area contributed by atoms with E-state index >= 15 is 0 Å². The van der Waals surface area contributed by atoms with Crippen molar-refractivity contribution >= 4 is 28.4 Å². The molecule has 0 amide bonds. The van der Waals surface area contributed by atoms with Crippen molar-refractivity contribution in [3.8, 4) is 0 Å². The molecule has 0 spiro atoms. The third-order valence-corrected chi connectivity index (χ3v) is 2.47. The van der Waals surface area contributed by atoms with Crippen molar-refractivity contribution in [1.29, 1.82) is 0 Å². The summed E-state index contributed by atoms with van der Waals surface area (Å²) in [5, 5.41) is 1.54. The third kappa shape index (κ3) is 1.53. The van der Waals surface area contributed by atoms with Gasteiger partial charge in [0.25, 0.3) is 0 Å². The van der Waals surface area contributed by atoms with Gasteiger partial charge in [-0.15, -0.1) is 0 Å². The van der Waals surface area contributed by atoms with Gasteiger partial charge in [-0.2, -0.15) is 0 Å². The lowest BCUT2D eigenvalue weighted by molar-refractivity contribution is -0.116. The van der Waals surface area contributed by atoms with Crippen LogP contribution in [-0.4, -0.2) is 5.78 Å². The zero-order valence-corrected chi connectivity index (χ0v) is 8.47. The zero-order chi connectivity index (χ0) is 10.1. The summed E-state index contributed by atoms with van der Waals surface area (Å²) in [6, 6.07) is 5.40. The Labute approximate surface area is 86.5 Å². The predicted octanol–water partition coefficient (Wildman–Crippen LogP) is 3.22. The van der Waals surface area contributed by atoms with E-state index in [0.29, 0.717) is 11.4 Å². The highest BCUT2D eigenvalue weighted by atomic mass is 35.5. The van der Waals surface area contributed by atoms with E-state index in [1.807, 2.05) is 6.07 Å². The molecule has 72 valence electrons. The molecule has 0 unspecified atom stereocenters. The number of rotatable bonds is 2. The average molecular weight is 209 g/mol. The van der Waals surface area contributed by atoms with Crippen LogP contribution in [0.3, 0.4) is 0 Å². The molecular formula is C11H9ClO2. The third-order valence-electron chi connectivity index (χ3n) is 2.12. The maximum Gasteiger partial charge on any atom is 0.134 e. The van der Waals surface area contributed by atoms with Crippen molar-refractivity contribution in [2.45, 2.75) is 13.3 Å². The second kappa shape index (κ2) is 3.46. The molecule has 0 aliphatic heterocycles. The monoisotopic (exact) mass is 208 g/mol. The predicted molar refractivity (Wildman–Crippen MR) is 55.6 cm³/mol. The van der Waals surface area contributed by atoms with Gasteiger partial charge in [0.15, 0.2) is 0 Å². The van der Waals surface area contributed by atoms with Gasteiger partial charge in [-0.25, -0.2) is 0 Å². The second-order valence-corrected chi connectivity index (χ2v) is 3.64. The largest absolute Gasteiger partial charge is 0.464 e. The Kier molecular flexibility index (Phi) is 2.30. The number of furan rings is 1. The van der Waals surface area contributed by atoms with Crippen LogP contribution in [0, 0.1) is 0 Å². The number of fused-ring (bicyclic) bond motifs is 1. The van der Waals surface area contributed by atoms with Crippen LogP contribution in [0.1, 0.15) is 12.5 Å². The van der Waals surface area contributed by atoms with Gasteiger partial charge >= 0.3 is 0 Å². The van der Waals surface area contributed by atoms with Crippen molar-refractivity contribution in [3.63, 3.8) is 0 Å². The minimum atomic E-state index is 0.0978. The SMILES string of the molecule is CC(=O)Cc1c(Cl)ccc2occc12. The number of hydrogen-bond donors (Lipinski definition) is 0. The molecule has 0 atom stereocenters. The fourth-order valence-corrected chi connectivity index (χ4v) is 1.74. The van der Waals surface area contributed by atoms with E-state index in [9.17, 15) is 4.79 Å². The summed E-state index contributed by atoms with van der Waals surface area (Å²) in [4.78, 5) is 11.0. The van der Waals surface area contributed by atoms with Gasteiger partial charge in [-0.1, -0.05) is 11.6 Å². The van der Waals surface area contributed by atoms with Crippen molar-refractivity contribution in [2.24, 2.45) is 0 Å². The first-order chi connectivity index (χ1) is 6.68. The Hall–Kier alpha value is -1.28. The molecule has 14 heavy (non-hydrogen) atoms. The molecule has 2 rings (SSSR count). The van der Waals surface area contributed by atoms with Crippen molar-refractivity contribution in [3.05, 3.63) is 35.0 Å². The molecule has 0 N–H and O–H groups in total. The number of ketones is 1. The van der Waals surface area contributed by atoms with Crippen molar-refractivity contribution in [1.82, 2.24) is 0 Å². The van der Waals surface area contributed by atoms with Crippen molar-refractivity contribution in [2.75, 3.05) is 0 Å². The lowest BCUT2D eigenvalue weighted by Gasteiger charge is -2.02. The standard InChI is InChI=1S/C11H9ClO2/c1-7(13)6-9-8-4-5-14-11(8)3-2-10(9)12/h2-5H,6H2,1H3.